The van der Waals surface area contributed by atoms with Crippen molar-refractivity contribution in [3.8, 4) is 0 Å². The van der Waals surface area contributed by atoms with Crippen LogP contribution in [-0.2, 0) is 16.9 Å². The zero-order valence-electron chi connectivity index (χ0n) is 14.1. The van der Waals surface area contributed by atoms with Gasteiger partial charge in [-0.1, -0.05) is 6.07 Å². The fourth-order valence-electron chi connectivity index (χ4n) is 4.24. The molecule has 6 nitrogen and oxygen atoms in total. The third kappa shape index (κ3) is 3.32. The highest BCUT2D eigenvalue weighted by molar-refractivity contribution is 5.78. The van der Waals surface area contributed by atoms with E-state index in [9.17, 15) is 9.90 Å². The Labute approximate surface area is 146 Å². The summed E-state index contributed by atoms with van der Waals surface area (Å²) in [5.41, 5.74) is -0.136. The minimum absolute atomic E-state index is 0.00317. The molecule has 1 amide bonds. The maximum Gasteiger partial charge on any atom is 0.234 e. The van der Waals surface area contributed by atoms with Crippen molar-refractivity contribution in [1.82, 2.24) is 15.2 Å². The van der Waals surface area contributed by atoms with Gasteiger partial charge in [-0.15, -0.1) is 0 Å². The average molecular weight is 341 g/mol. The number of carbonyl (C=O) groups excluding carboxylic acids is 1. The minimum Gasteiger partial charge on any atom is -0.467 e. The number of furan rings is 1. The van der Waals surface area contributed by atoms with Crippen LogP contribution in [0.2, 0.25) is 0 Å². The molecule has 0 spiro atoms. The number of pyridine rings is 1. The number of piperidine rings is 1. The Morgan fingerprint density at radius 1 is 1.28 bits per heavy atom. The SMILES string of the molecule is O=C(CN1[C@H]2CC[C@H]1CC(O)(c1ccccn1)C2)NCc1ccco1. The molecule has 4 heterocycles. The largest absolute Gasteiger partial charge is 0.467 e. The summed E-state index contributed by atoms with van der Waals surface area (Å²) in [6, 6.07) is 9.77. The second kappa shape index (κ2) is 6.61. The van der Waals surface area contributed by atoms with Gasteiger partial charge >= 0.3 is 0 Å². The maximum absolute atomic E-state index is 12.3. The smallest absolute Gasteiger partial charge is 0.234 e. The predicted molar refractivity (Wildman–Crippen MR) is 91.4 cm³/mol. The number of amides is 1. The predicted octanol–water partition coefficient (Wildman–Crippen LogP) is 1.81. The molecule has 132 valence electrons. The molecule has 0 aromatic carbocycles. The molecule has 0 aliphatic carbocycles. The van der Waals surface area contributed by atoms with Crippen molar-refractivity contribution in [3.63, 3.8) is 0 Å². The molecule has 2 N–H and O–H groups in total. The van der Waals surface area contributed by atoms with E-state index in [1.54, 1.807) is 12.5 Å². The number of hydrogen-bond donors (Lipinski definition) is 2. The summed E-state index contributed by atoms with van der Waals surface area (Å²) in [6.07, 6.45) is 6.63. The fourth-order valence-corrected chi connectivity index (χ4v) is 4.24. The van der Waals surface area contributed by atoms with E-state index in [0.717, 1.165) is 24.3 Å². The zero-order chi connectivity index (χ0) is 17.3. The van der Waals surface area contributed by atoms with Crippen molar-refractivity contribution in [3.05, 3.63) is 54.2 Å². The standard InChI is InChI=1S/C19H23N3O3/c23-18(21-12-16-4-3-9-25-16)13-22-14-6-7-15(22)11-19(24,10-14)17-5-1-2-8-20-17/h1-5,8-9,14-15,24H,6-7,10-13H2,(H,21,23)/t14-,15-/m0/s1. The van der Waals surface area contributed by atoms with Crippen molar-refractivity contribution in [1.29, 1.82) is 0 Å². The molecule has 2 saturated heterocycles. The molecular weight excluding hydrogens is 318 g/mol. The topological polar surface area (TPSA) is 78.6 Å². The molecule has 2 aliphatic heterocycles. The van der Waals surface area contributed by atoms with E-state index in [0.29, 0.717) is 25.9 Å². The van der Waals surface area contributed by atoms with E-state index in [-0.39, 0.29) is 18.0 Å². The lowest BCUT2D eigenvalue weighted by molar-refractivity contribution is -0.126. The zero-order valence-corrected chi connectivity index (χ0v) is 14.1. The van der Waals surface area contributed by atoms with Crippen LogP contribution in [0.5, 0.6) is 0 Å². The Balaban J connectivity index is 1.38. The van der Waals surface area contributed by atoms with Gasteiger partial charge in [0, 0.05) is 18.3 Å². The summed E-state index contributed by atoms with van der Waals surface area (Å²) in [4.78, 5) is 18.9. The Morgan fingerprint density at radius 2 is 2.08 bits per heavy atom. The van der Waals surface area contributed by atoms with Gasteiger partial charge in [0.15, 0.2) is 0 Å². The molecule has 25 heavy (non-hydrogen) atoms. The highest BCUT2D eigenvalue weighted by Gasteiger charge is 2.49. The first-order valence-corrected chi connectivity index (χ1v) is 8.83. The van der Waals surface area contributed by atoms with Gasteiger partial charge in [-0.05, 0) is 49.9 Å². The third-order valence-corrected chi connectivity index (χ3v) is 5.43. The molecule has 2 bridgehead atoms. The van der Waals surface area contributed by atoms with Crippen LogP contribution < -0.4 is 5.32 Å². The van der Waals surface area contributed by atoms with Gasteiger partial charge < -0.3 is 14.8 Å². The van der Waals surface area contributed by atoms with E-state index >= 15 is 0 Å². The minimum atomic E-state index is -0.881. The number of hydrogen-bond acceptors (Lipinski definition) is 5. The Kier molecular flexibility index (Phi) is 4.31. The number of carbonyl (C=O) groups is 1. The first-order chi connectivity index (χ1) is 12.1. The second-order valence-electron chi connectivity index (χ2n) is 7.07. The number of aromatic nitrogens is 1. The summed E-state index contributed by atoms with van der Waals surface area (Å²) in [6.45, 7) is 0.779. The molecule has 0 saturated carbocycles. The average Bonchev–Trinajstić information content (AvgIpc) is 3.22. The maximum atomic E-state index is 12.3. The number of fused-ring (bicyclic) bond motifs is 2. The van der Waals surface area contributed by atoms with Gasteiger partial charge in [0.25, 0.3) is 0 Å². The van der Waals surface area contributed by atoms with Crippen LogP contribution in [-0.4, -0.2) is 39.5 Å². The summed E-state index contributed by atoms with van der Waals surface area (Å²) in [7, 11) is 0. The van der Waals surface area contributed by atoms with Crippen molar-refractivity contribution in [2.24, 2.45) is 0 Å². The van der Waals surface area contributed by atoms with Gasteiger partial charge in [-0.3, -0.25) is 14.7 Å². The van der Waals surface area contributed by atoms with E-state index in [1.807, 2.05) is 30.3 Å². The first-order valence-electron chi connectivity index (χ1n) is 8.83. The number of nitrogens with one attached hydrogen (secondary N) is 1. The van der Waals surface area contributed by atoms with Crippen LogP contribution in [0.15, 0.2) is 47.2 Å². The molecule has 6 heteroatoms. The highest BCUT2D eigenvalue weighted by atomic mass is 16.3. The van der Waals surface area contributed by atoms with Crippen LogP contribution >= 0.6 is 0 Å². The summed E-state index contributed by atoms with van der Waals surface area (Å²) >= 11 is 0. The van der Waals surface area contributed by atoms with E-state index in [2.05, 4.69) is 15.2 Å². The van der Waals surface area contributed by atoms with Gasteiger partial charge in [0.05, 0.1) is 25.0 Å². The molecule has 0 radical (unpaired) electrons. The van der Waals surface area contributed by atoms with Gasteiger partial charge in [0.1, 0.15) is 11.4 Å². The summed E-state index contributed by atoms with van der Waals surface area (Å²) in [5.74, 6) is 0.746. The molecule has 2 fully saturated rings. The normalized spacial score (nSPS) is 28.8. The number of nitrogens with zero attached hydrogens (tertiary/aromatic N) is 2. The summed E-state index contributed by atoms with van der Waals surface area (Å²) in [5, 5.41) is 14.0. The molecule has 2 aliphatic rings. The summed E-state index contributed by atoms with van der Waals surface area (Å²) < 4.78 is 5.24. The Hall–Kier alpha value is -2.18. The van der Waals surface area contributed by atoms with Crippen molar-refractivity contribution < 1.29 is 14.3 Å². The lowest BCUT2D eigenvalue weighted by Gasteiger charge is -2.43. The monoisotopic (exact) mass is 341 g/mol. The number of rotatable bonds is 5. The van der Waals surface area contributed by atoms with Crippen LogP contribution in [0.1, 0.15) is 37.1 Å². The van der Waals surface area contributed by atoms with Crippen LogP contribution in [0, 0.1) is 0 Å². The molecule has 0 unspecified atom stereocenters. The van der Waals surface area contributed by atoms with Crippen molar-refractivity contribution in [2.45, 2.75) is 49.9 Å². The highest BCUT2D eigenvalue weighted by Crippen LogP contribution is 2.44. The van der Waals surface area contributed by atoms with Gasteiger partial charge in [0.2, 0.25) is 5.91 Å². The Morgan fingerprint density at radius 3 is 2.72 bits per heavy atom. The molecule has 4 rings (SSSR count). The molecular formula is C19H23N3O3. The molecule has 2 aromatic rings. The van der Waals surface area contributed by atoms with Crippen LogP contribution in [0.3, 0.4) is 0 Å². The van der Waals surface area contributed by atoms with Crippen LogP contribution in [0.25, 0.3) is 0 Å². The van der Waals surface area contributed by atoms with E-state index in [1.165, 1.54) is 0 Å². The quantitative estimate of drug-likeness (QED) is 0.867. The fraction of sp³-hybridized carbons (Fsp3) is 0.474. The third-order valence-electron chi connectivity index (χ3n) is 5.43. The van der Waals surface area contributed by atoms with Crippen molar-refractivity contribution >= 4 is 5.91 Å². The second-order valence-corrected chi connectivity index (χ2v) is 7.07. The van der Waals surface area contributed by atoms with Crippen LogP contribution in [0.4, 0.5) is 0 Å². The van der Waals surface area contributed by atoms with E-state index in [4.69, 9.17) is 4.42 Å². The van der Waals surface area contributed by atoms with E-state index < -0.39 is 5.60 Å². The lowest BCUT2D eigenvalue weighted by Crippen LogP contribution is -2.52. The first kappa shape index (κ1) is 16.3. The molecule has 2 aromatic heterocycles. The molecule has 2 atom stereocenters. The number of aliphatic hydroxyl groups is 1. The lowest BCUT2D eigenvalue weighted by atomic mass is 9.83. The Bertz CT molecular complexity index is 703. The van der Waals surface area contributed by atoms with Crippen molar-refractivity contribution in [2.75, 3.05) is 6.54 Å². The van der Waals surface area contributed by atoms with Gasteiger partial charge in [-0.25, -0.2) is 0 Å². The van der Waals surface area contributed by atoms with Gasteiger partial charge in [-0.2, -0.15) is 0 Å².